The molecule has 1 N–H and O–H groups in total. The molecule has 8 heteroatoms. The number of carbonyl (C=O) groups is 2. The first kappa shape index (κ1) is 19.4. The number of methoxy groups -OCH3 is 1. The van der Waals surface area contributed by atoms with Crippen molar-refractivity contribution in [3.8, 4) is 5.75 Å². The molecule has 2 aromatic rings. The molecule has 0 radical (unpaired) electrons. The van der Waals surface area contributed by atoms with Gasteiger partial charge in [0.25, 0.3) is 0 Å². The lowest BCUT2D eigenvalue weighted by Crippen LogP contribution is -2.20. The molecule has 0 aliphatic carbocycles. The van der Waals surface area contributed by atoms with E-state index >= 15 is 0 Å². The topological polar surface area (TPSA) is 85.7 Å². The number of aromatic nitrogens is 1. The highest BCUT2D eigenvalue weighted by atomic mass is 79.9. The molecule has 0 aliphatic heterocycles. The molecular weight excluding hydrogens is 458 g/mol. The van der Waals surface area contributed by atoms with Crippen molar-refractivity contribution in [3.63, 3.8) is 0 Å². The largest absolute Gasteiger partial charge is 0.486 e. The Bertz CT molecular complexity index is 754. The summed E-state index contributed by atoms with van der Waals surface area (Å²) in [5.74, 6) is -1.52. The van der Waals surface area contributed by atoms with E-state index in [0.29, 0.717) is 5.56 Å². The van der Waals surface area contributed by atoms with Gasteiger partial charge in [-0.2, -0.15) is 0 Å². The summed E-state index contributed by atoms with van der Waals surface area (Å²) in [6.07, 6.45) is 1.41. The van der Waals surface area contributed by atoms with Crippen LogP contribution in [0, 0.1) is 0 Å². The number of benzene rings is 1. The standard InChI is InChI=1S/C17H15Br2NO5/c1-24-17(23)14-15(25-9-10-5-3-2-4-6-10)11(7-8-20-14)12(18)13(19)16(21)22/h2-8,12-13H,9H2,1H3,(H,21,22). The summed E-state index contributed by atoms with van der Waals surface area (Å²) < 4.78 is 10.6. The van der Waals surface area contributed by atoms with E-state index in [4.69, 9.17) is 9.47 Å². The summed E-state index contributed by atoms with van der Waals surface area (Å²) in [5, 5.41) is 9.21. The Morgan fingerprint density at radius 3 is 2.48 bits per heavy atom. The van der Waals surface area contributed by atoms with E-state index in [0.717, 1.165) is 5.56 Å². The zero-order chi connectivity index (χ0) is 18.4. The third-order valence-electron chi connectivity index (χ3n) is 3.33. The number of carboxylic acids is 1. The number of rotatable bonds is 7. The van der Waals surface area contributed by atoms with Crippen LogP contribution in [0.25, 0.3) is 0 Å². The average Bonchev–Trinajstić information content (AvgIpc) is 2.64. The highest BCUT2D eigenvalue weighted by Crippen LogP contribution is 2.38. The number of ether oxygens (including phenoxy) is 2. The molecule has 2 atom stereocenters. The van der Waals surface area contributed by atoms with Gasteiger partial charge >= 0.3 is 11.9 Å². The van der Waals surface area contributed by atoms with Crippen molar-refractivity contribution in [2.24, 2.45) is 0 Å². The molecule has 0 saturated heterocycles. The normalized spacial score (nSPS) is 12.9. The van der Waals surface area contributed by atoms with Crippen molar-refractivity contribution in [2.75, 3.05) is 7.11 Å². The van der Waals surface area contributed by atoms with Crippen LogP contribution in [0.5, 0.6) is 5.75 Å². The molecular formula is C17H15Br2NO5. The van der Waals surface area contributed by atoms with Gasteiger partial charge < -0.3 is 14.6 Å². The lowest BCUT2D eigenvalue weighted by Gasteiger charge is -2.19. The van der Waals surface area contributed by atoms with Crippen LogP contribution < -0.4 is 4.74 Å². The molecule has 132 valence electrons. The van der Waals surface area contributed by atoms with Crippen LogP contribution in [0.4, 0.5) is 0 Å². The highest BCUT2D eigenvalue weighted by molar-refractivity contribution is 9.12. The van der Waals surface area contributed by atoms with Gasteiger partial charge in [0.1, 0.15) is 11.4 Å². The van der Waals surface area contributed by atoms with Gasteiger partial charge in [0.2, 0.25) is 0 Å². The van der Waals surface area contributed by atoms with Crippen LogP contribution in [0.2, 0.25) is 0 Å². The lowest BCUT2D eigenvalue weighted by molar-refractivity contribution is -0.136. The predicted molar refractivity (Wildman–Crippen MR) is 98.4 cm³/mol. The number of carboxylic acid groups (broad SMARTS) is 1. The van der Waals surface area contributed by atoms with Gasteiger partial charge in [-0.25, -0.2) is 9.78 Å². The molecule has 1 heterocycles. The van der Waals surface area contributed by atoms with Crippen LogP contribution in [0.3, 0.4) is 0 Å². The minimum atomic E-state index is -1.05. The first-order valence-electron chi connectivity index (χ1n) is 7.20. The van der Waals surface area contributed by atoms with E-state index in [-0.39, 0.29) is 18.1 Å². The van der Waals surface area contributed by atoms with Crippen LogP contribution in [-0.2, 0) is 16.1 Å². The van der Waals surface area contributed by atoms with Crippen molar-refractivity contribution in [1.29, 1.82) is 0 Å². The summed E-state index contributed by atoms with van der Waals surface area (Å²) in [7, 11) is 1.24. The molecule has 6 nitrogen and oxygen atoms in total. The van der Waals surface area contributed by atoms with E-state index in [1.54, 1.807) is 6.07 Å². The average molecular weight is 473 g/mol. The lowest BCUT2D eigenvalue weighted by atomic mass is 10.1. The smallest absolute Gasteiger partial charge is 0.360 e. The van der Waals surface area contributed by atoms with E-state index < -0.39 is 21.6 Å². The van der Waals surface area contributed by atoms with Crippen molar-refractivity contribution in [3.05, 3.63) is 59.4 Å². The van der Waals surface area contributed by atoms with Crippen molar-refractivity contribution < 1.29 is 24.2 Å². The van der Waals surface area contributed by atoms with Crippen LogP contribution in [0.15, 0.2) is 42.6 Å². The fraction of sp³-hybridized carbons (Fsp3) is 0.235. The quantitative estimate of drug-likeness (QED) is 0.488. The third kappa shape index (κ3) is 4.79. The summed E-state index contributed by atoms with van der Waals surface area (Å²) in [6, 6.07) is 11.0. The SMILES string of the molecule is COC(=O)c1nccc(C(Br)C(Br)C(=O)O)c1OCc1ccccc1. The first-order chi connectivity index (χ1) is 12.0. The molecule has 2 rings (SSSR count). The molecule has 1 aromatic carbocycles. The number of pyridine rings is 1. The van der Waals surface area contributed by atoms with Crippen molar-refractivity contribution in [1.82, 2.24) is 4.98 Å². The van der Waals surface area contributed by atoms with Gasteiger partial charge in [-0.05, 0) is 11.6 Å². The monoisotopic (exact) mass is 471 g/mol. The van der Waals surface area contributed by atoms with Gasteiger partial charge in [-0.3, -0.25) is 4.79 Å². The maximum absolute atomic E-state index is 12.0. The molecule has 0 saturated carbocycles. The minimum Gasteiger partial charge on any atom is -0.486 e. The number of halogens is 2. The summed E-state index contributed by atoms with van der Waals surface area (Å²) in [5.41, 5.74) is 1.37. The number of esters is 1. The third-order valence-corrected chi connectivity index (χ3v) is 5.98. The number of hydrogen-bond acceptors (Lipinski definition) is 5. The fourth-order valence-corrected chi connectivity index (χ4v) is 2.96. The van der Waals surface area contributed by atoms with Crippen molar-refractivity contribution in [2.45, 2.75) is 16.3 Å². The number of hydrogen-bond donors (Lipinski definition) is 1. The zero-order valence-corrected chi connectivity index (χ0v) is 16.4. The fourth-order valence-electron chi connectivity index (χ4n) is 2.09. The number of carbonyl (C=O) groups excluding carboxylic acids is 1. The Balaban J connectivity index is 2.41. The van der Waals surface area contributed by atoms with E-state index in [1.807, 2.05) is 30.3 Å². The van der Waals surface area contributed by atoms with E-state index in [2.05, 4.69) is 36.8 Å². The first-order valence-corrected chi connectivity index (χ1v) is 9.03. The Hall–Kier alpha value is -1.93. The molecule has 25 heavy (non-hydrogen) atoms. The van der Waals surface area contributed by atoms with Crippen LogP contribution in [-0.4, -0.2) is 34.0 Å². The Kier molecular flexibility index (Phi) is 6.95. The molecule has 0 spiro atoms. The summed E-state index contributed by atoms with van der Waals surface area (Å²) >= 11 is 6.46. The molecule has 2 unspecified atom stereocenters. The highest BCUT2D eigenvalue weighted by Gasteiger charge is 2.30. The maximum atomic E-state index is 12.0. The second-order valence-corrected chi connectivity index (χ2v) is 6.96. The minimum absolute atomic E-state index is 0.00882. The summed E-state index contributed by atoms with van der Waals surface area (Å²) in [6.45, 7) is 0.198. The van der Waals surface area contributed by atoms with Crippen LogP contribution in [0.1, 0.15) is 26.4 Å². The Labute approximate surface area is 161 Å². The van der Waals surface area contributed by atoms with Gasteiger partial charge in [0, 0.05) is 11.8 Å². The Morgan fingerprint density at radius 1 is 1.20 bits per heavy atom. The molecule has 0 amide bonds. The number of alkyl halides is 2. The molecule has 0 fully saturated rings. The predicted octanol–water partition coefficient (Wildman–Crippen LogP) is 3.73. The van der Waals surface area contributed by atoms with E-state index in [1.165, 1.54) is 13.3 Å². The van der Waals surface area contributed by atoms with E-state index in [9.17, 15) is 14.7 Å². The zero-order valence-electron chi connectivity index (χ0n) is 13.2. The Morgan fingerprint density at radius 2 is 1.88 bits per heavy atom. The molecule has 0 aliphatic rings. The number of aliphatic carboxylic acids is 1. The molecule has 1 aromatic heterocycles. The van der Waals surface area contributed by atoms with Gasteiger partial charge in [0.05, 0.1) is 11.9 Å². The maximum Gasteiger partial charge on any atom is 0.360 e. The van der Waals surface area contributed by atoms with Crippen LogP contribution >= 0.6 is 31.9 Å². The van der Waals surface area contributed by atoms with Gasteiger partial charge in [-0.1, -0.05) is 62.2 Å². The number of nitrogens with zero attached hydrogens (tertiary/aromatic N) is 1. The van der Waals surface area contributed by atoms with Crippen molar-refractivity contribution >= 4 is 43.8 Å². The second kappa shape index (κ2) is 8.96. The van der Waals surface area contributed by atoms with Gasteiger partial charge in [-0.15, -0.1) is 0 Å². The second-order valence-electron chi connectivity index (χ2n) is 4.99. The molecule has 0 bridgehead atoms. The van der Waals surface area contributed by atoms with Gasteiger partial charge in [0.15, 0.2) is 11.4 Å². The summed E-state index contributed by atoms with van der Waals surface area (Å²) in [4.78, 5) is 25.7.